The molecule has 0 spiro atoms. The van der Waals surface area contributed by atoms with Gasteiger partial charge >= 0.3 is 0 Å². The van der Waals surface area contributed by atoms with Crippen LogP contribution in [0.5, 0.6) is 5.75 Å². The molecule has 7 nitrogen and oxygen atoms in total. The van der Waals surface area contributed by atoms with E-state index >= 15 is 0 Å². The summed E-state index contributed by atoms with van der Waals surface area (Å²) < 4.78 is 13.3. The topological polar surface area (TPSA) is 78.3 Å². The third-order valence-corrected chi connectivity index (χ3v) is 9.90. The van der Waals surface area contributed by atoms with Gasteiger partial charge in [0.25, 0.3) is 0 Å². The average molecular weight is 485 g/mol. The van der Waals surface area contributed by atoms with Crippen molar-refractivity contribution in [3.8, 4) is 17.1 Å². The summed E-state index contributed by atoms with van der Waals surface area (Å²) in [6.45, 7) is 8.60. The van der Waals surface area contributed by atoms with E-state index in [-0.39, 0.29) is 28.9 Å². The Balaban J connectivity index is 1.29. The smallest absolute Gasteiger partial charge is 0.230 e. The minimum absolute atomic E-state index is 0.0808. The first-order valence-electron chi connectivity index (χ1n) is 12.4. The zero-order valence-electron chi connectivity index (χ0n) is 20.7. The summed E-state index contributed by atoms with van der Waals surface area (Å²) in [4.78, 5) is 13.0. The maximum absolute atomic E-state index is 13.0. The number of hydrogen-bond acceptors (Lipinski definition) is 6. The fraction of sp³-hybridized carbons (Fsp3) is 0.654. The number of aromatic nitrogens is 3. The number of benzene rings is 1. The summed E-state index contributed by atoms with van der Waals surface area (Å²) in [7, 11) is 1.66. The molecular weight excluding hydrogens is 448 g/mol. The van der Waals surface area contributed by atoms with Gasteiger partial charge < -0.3 is 14.8 Å². The molecule has 5 rings (SSSR count). The quantitative estimate of drug-likeness (QED) is 0.554. The molecule has 4 atom stereocenters. The zero-order valence-corrected chi connectivity index (χ0v) is 21.5. The molecule has 1 aromatic heterocycles. The Morgan fingerprint density at radius 2 is 2.03 bits per heavy atom. The first-order valence-corrected chi connectivity index (χ1v) is 13.4. The average Bonchev–Trinajstić information content (AvgIpc) is 3.57. The van der Waals surface area contributed by atoms with E-state index in [1.165, 1.54) is 24.6 Å². The third-order valence-electron chi connectivity index (χ3n) is 8.94. The Kier molecular flexibility index (Phi) is 6.40. The highest BCUT2D eigenvalue weighted by molar-refractivity contribution is 7.99. The number of ether oxygens (including phenoxy) is 2. The molecule has 1 saturated heterocycles. The molecule has 1 N–H and O–H groups in total. The van der Waals surface area contributed by atoms with Crippen molar-refractivity contribution in [3.05, 3.63) is 24.3 Å². The molecule has 184 valence electrons. The number of carbonyl (C=O) groups excluding carboxylic acids is 1. The van der Waals surface area contributed by atoms with Crippen molar-refractivity contribution >= 4 is 17.7 Å². The molecule has 1 amide bonds. The summed E-state index contributed by atoms with van der Waals surface area (Å²) in [6.07, 6.45) is 5.83. The molecule has 0 unspecified atom stereocenters. The molecule has 1 aromatic carbocycles. The number of rotatable bonds is 8. The van der Waals surface area contributed by atoms with Gasteiger partial charge in [0, 0.05) is 18.2 Å². The lowest BCUT2D eigenvalue weighted by Crippen LogP contribution is -2.47. The second-order valence-corrected chi connectivity index (χ2v) is 11.7. The van der Waals surface area contributed by atoms with Crippen molar-refractivity contribution < 1.29 is 14.3 Å². The minimum atomic E-state index is 0.0808. The Morgan fingerprint density at radius 3 is 2.65 bits per heavy atom. The van der Waals surface area contributed by atoms with E-state index in [9.17, 15) is 4.79 Å². The van der Waals surface area contributed by atoms with Crippen molar-refractivity contribution in [1.29, 1.82) is 0 Å². The Morgan fingerprint density at radius 1 is 1.24 bits per heavy atom. The fourth-order valence-electron chi connectivity index (χ4n) is 6.29. The number of carbonyl (C=O) groups is 1. The van der Waals surface area contributed by atoms with Crippen LogP contribution in [-0.4, -0.2) is 52.3 Å². The van der Waals surface area contributed by atoms with E-state index in [2.05, 4.69) is 40.9 Å². The SMILES string of the molecule is COc1ccc(-c2nnc(SCC(=O)N[C@@H]3C[C@H]4CC[C@@]3(C)C4(C)C)n2C[C@@H]2CCCO2)cc1. The van der Waals surface area contributed by atoms with Crippen LogP contribution in [0.3, 0.4) is 0 Å². The van der Waals surface area contributed by atoms with Crippen LogP contribution < -0.4 is 10.1 Å². The van der Waals surface area contributed by atoms with Crippen LogP contribution in [0.25, 0.3) is 11.4 Å². The summed E-state index contributed by atoms with van der Waals surface area (Å²) in [5.74, 6) is 2.72. The highest BCUT2D eigenvalue weighted by Crippen LogP contribution is 2.65. The number of thioether (sulfide) groups is 1. The number of nitrogens with one attached hydrogen (secondary N) is 1. The third kappa shape index (κ3) is 4.13. The Labute approximate surface area is 206 Å². The van der Waals surface area contributed by atoms with Crippen molar-refractivity contribution in [2.45, 2.75) is 76.7 Å². The van der Waals surface area contributed by atoms with Crippen LogP contribution in [0, 0.1) is 16.7 Å². The molecule has 34 heavy (non-hydrogen) atoms. The van der Waals surface area contributed by atoms with Gasteiger partial charge in [-0.2, -0.15) is 0 Å². The van der Waals surface area contributed by atoms with Gasteiger partial charge in [-0.3, -0.25) is 9.36 Å². The van der Waals surface area contributed by atoms with Gasteiger partial charge in [0.15, 0.2) is 11.0 Å². The maximum Gasteiger partial charge on any atom is 0.230 e. The summed E-state index contributed by atoms with van der Waals surface area (Å²) in [6, 6.07) is 8.10. The van der Waals surface area contributed by atoms with Gasteiger partial charge in [-0.25, -0.2) is 0 Å². The summed E-state index contributed by atoms with van der Waals surface area (Å²) in [5.41, 5.74) is 1.44. The van der Waals surface area contributed by atoms with Crippen LogP contribution in [0.1, 0.15) is 52.9 Å². The zero-order chi connectivity index (χ0) is 23.9. The summed E-state index contributed by atoms with van der Waals surface area (Å²) in [5, 5.41) is 13.1. The molecule has 3 aliphatic rings. The van der Waals surface area contributed by atoms with Crippen LogP contribution in [0.2, 0.25) is 0 Å². The lowest BCUT2D eigenvalue weighted by atomic mass is 9.69. The number of fused-ring (bicyclic) bond motifs is 2. The number of nitrogens with zero attached hydrogens (tertiary/aromatic N) is 3. The van der Waals surface area contributed by atoms with Gasteiger partial charge in [-0.15, -0.1) is 10.2 Å². The lowest BCUT2D eigenvalue weighted by Gasteiger charge is -2.39. The van der Waals surface area contributed by atoms with Gasteiger partial charge in [-0.05, 0) is 73.1 Å². The van der Waals surface area contributed by atoms with Gasteiger partial charge in [0.05, 0.1) is 25.5 Å². The van der Waals surface area contributed by atoms with Gasteiger partial charge in [0.2, 0.25) is 5.91 Å². The molecule has 1 aliphatic heterocycles. The predicted octanol–water partition coefficient (Wildman–Crippen LogP) is 4.56. The molecular formula is C26H36N4O3S. The number of methoxy groups -OCH3 is 1. The van der Waals surface area contributed by atoms with Crippen LogP contribution in [0.15, 0.2) is 29.4 Å². The second kappa shape index (κ2) is 9.19. The van der Waals surface area contributed by atoms with E-state index in [0.29, 0.717) is 18.2 Å². The van der Waals surface area contributed by atoms with Gasteiger partial charge in [0.1, 0.15) is 5.75 Å². The lowest BCUT2D eigenvalue weighted by molar-refractivity contribution is -0.120. The number of amides is 1. The van der Waals surface area contributed by atoms with Crippen molar-refractivity contribution in [1.82, 2.24) is 20.1 Å². The molecule has 2 aliphatic carbocycles. The van der Waals surface area contributed by atoms with Crippen molar-refractivity contribution in [2.24, 2.45) is 16.7 Å². The molecule has 2 heterocycles. The Bertz CT molecular complexity index is 1030. The second-order valence-electron chi connectivity index (χ2n) is 10.8. The predicted molar refractivity (Wildman–Crippen MR) is 133 cm³/mol. The molecule has 3 fully saturated rings. The van der Waals surface area contributed by atoms with Crippen molar-refractivity contribution in [3.63, 3.8) is 0 Å². The Hall–Kier alpha value is -2.06. The molecule has 2 aromatic rings. The molecule has 2 saturated carbocycles. The molecule has 8 heteroatoms. The van der Waals surface area contributed by atoms with Crippen LogP contribution >= 0.6 is 11.8 Å². The first kappa shape index (κ1) is 23.7. The van der Waals surface area contributed by atoms with E-state index in [1.54, 1.807) is 7.11 Å². The van der Waals surface area contributed by atoms with E-state index in [0.717, 1.165) is 48.2 Å². The number of hydrogen-bond donors (Lipinski definition) is 1. The van der Waals surface area contributed by atoms with Crippen LogP contribution in [-0.2, 0) is 16.1 Å². The van der Waals surface area contributed by atoms with E-state index in [4.69, 9.17) is 9.47 Å². The molecule has 0 radical (unpaired) electrons. The normalized spacial score (nSPS) is 29.5. The highest BCUT2D eigenvalue weighted by atomic mass is 32.2. The fourth-order valence-corrected chi connectivity index (χ4v) is 7.05. The van der Waals surface area contributed by atoms with Crippen molar-refractivity contribution in [2.75, 3.05) is 19.5 Å². The van der Waals surface area contributed by atoms with E-state index < -0.39 is 0 Å². The highest BCUT2D eigenvalue weighted by Gasteiger charge is 2.61. The maximum atomic E-state index is 13.0. The van der Waals surface area contributed by atoms with E-state index in [1.807, 2.05) is 24.3 Å². The monoisotopic (exact) mass is 484 g/mol. The first-order chi connectivity index (χ1) is 16.3. The molecule has 2 bridgehead atoms. The van der Waals surface area contributed by atoms with Gasteiger partial charge in [-0.1, -0.05) is 32.5 Å². The largest absolute Gasteiger partial charge is 0.497 e. The van der Waals surface area contributed by atoms with Crippen LogP contribution in [0.4, 0.5) is 0 Å². The minimum Gasteiger partial charge on any atom is -0.497 e. The standard InChI is InChI=1S/C26H36N4O3S/c1-25(2)18-11-12-26(25,3)21(14-18)27-22(31)16-34-24-29-28-23(17-7-9-19(32-4)10-8-17)30(24)15-20-6-5-13-33-20/h7-10,18,20-21H,5-6,11-16H2,1-4H3,(H,27,31)/t18-,20+,21-,26-/m1/s1. The summed E-state index contributed by atoms with van der Waals surface area (Å²) >= 11 is 1.46.